The molecule has 0 fully saturated rings. The van der Waals surface area contributed by atoms with Crippen LogP contribution in [0.25, 0.3) is 0 Å². The molecular formula is C12H13N3O3. The van der Waals surface area contributed by atoms with Gasteiger partial charge in [-0.25, -0.2) is 9.48 Å². The second-order valence-electron chi connectivity index (χ2n) is 3.75. The van der Waals surface area contributed by atoms with Crippen molar-refractivity contribution in [1.82, 2.24) is 9.78 Å². The molecule has 18 heavy (non-hydrogen) atoms. The lowest BCUT2D eigenvalue weighted by atomic mass is 10.2. The lowest BCUT2D eigenvalue weighted by Crippen LogP contribution is -2.08. The number of hydrogen-bond acceptors (Lipinski definition) is 4. The molecule has 6 heteroatoms. The highest BCUT2D eigenvalue weighted by molar-refractivity contribution is 5.92. The van der Waals surface area contributed by atoms with Gasteiger partial charge in [-0.05, 0) is 17.7 Å². The van der Waals surface area contributed by atoms with E-state index in [4.69, 9.17) is 15.6 Å². The van der Waals surface area contributed by atoms with E-state index in [9.17, 15) is 4.79 Å². The zero-order valence-corrected chi connectivity index (χ0v) is 9.83. The van der Waals surface area contributed by atoms with Gasteiger partial charge in [-0.3, -0.25) is 0 Å². The smallest absolute Gasteiger partial charge is 0.341 e. The maximum atomic E-state index is 10.8. The summed E-state index contributed by atoms with van der Waals surface area (Å²) in [6.07, 6.45) is 1.25. The predicted molar refractivity (Wildman–Crippen MR) is 65.7 cm³/mol. The van der Waals surface area contributed by atoms with Crippen LogP contribution in [0.2, 0.25) is 0 Å². The van der Waals surface area contributed by atoms with Gasteiger partial charge < -0.3 is 15.6 Å². The second-order valence-corrected chi connectivity index (χ2v) is 3.75. The van der Waals surface area contributed by atoms with E-state index in [2.05, 4.69) is 5.10 Å². The third kappa shape index (κ3) is 2.27. The summed E-state index contributed by atoms with van der Waals surface area (Å²) in [4.78, 5) is 10.8. The van der Waals surface area contributed by atoms with E-state index in [1.165, 1.54) is 10.9 Å². The number of benzene rings is 1. The van der Waals surface area contributed by atoms with E-state index in [-0.39, 0.29) is 11.4 Å². The molecule has 0 aliphatic heterocycles. The molecular weight excluding hydrogens is 234 g/mol. The summed E-state index contributed by atoms with van der Waals surface area (Å²) in [6, 6.07) is 7.40. The zero-order valence-electron chi connectivity index (χ0n) is 9.83. The highest BCUT2D eigenvalue weighted by atomic mass is 16.5. The molecule has 0 aliphatic rings. The Morgan fingerprint density at radius 1 is 1.44 bits per heavy atom. The first-order valence-electron chi connectivity index (χ1n) is 5.29. The van der Waals surface area contributed by atoms with Crippen molar-refractivity contribution in [1.29, 1.82) is 0 Å². The molecule has 0 saturated heterocycles. The summed E-state index contributed by atoms with van der Waals surface area (Å²) in [6.45, 7) is 0.420. The Bertz CT molecular complexity index is 560. The molecule has 6 nitrogen and oxygen atoms in total. The fourth-order valence-electron chi connectivity index (χ4n) is 1.59. The van der Waals surface area contributed by atoms with Crippen molar-refractivity contribution in [2.45, 2.75) is 6.54 Å². The molecule has 1 heterocycles. The minimum atomic E-state index is -1.08. The Kier molecular flexibility index (Phi) is 3.18. The minimum Gasteiger partial charge on any atom is -0.497 e. The van der Waals surface area contributed by atoms with Gasteiger partial charge in [-0.2, -0.15) is 5.10 Å². The van der Waals surface area contributed by atoms with Gasteiger partial charge >= 0.3 is 5.97 Å². The summed E-state index contributed by atoms with van der Waals surface area (Å²) in [5.41, 5.74) is 6.68. The Labute approximate surface area is 104 Å². The molecule has 2 aromatic rings. The van der Waals surface area contributed by atoms with Gasteiger partial charge in [0.15, 0.2) is 0 Å². The number of methoxy groups -OCH3 is 1. The number of anilines is 1. The lowest BCUT2D eigenvalue weighted by molar-refractivity contribution is 0.0698. The SMILES string of the molecule is COc1ccc(Cn2ncc(C(=O)O)c2N)cc1. The largest absolute Gasteiger partial charge is 0.497 e. The molecule has 3 N–H and O–H groups in total. The van der Waals surface area contributed by atoms with Crippen LogP contribution in [0.1, 0.15) is 15.9 Å². The number of nitrogen functional groups attached to an aromatic ring is 1. The van der Waals surface area contributed by atoms with Crippen LogP contribution < -0.4 is 10.5 Å². The number of carboxylic acids is 1. The molecule has 0 saturated carbocycles. The number of ether oxygens (including phenoxy) is 1. The van der Waals surface area contributed by atoms with Crippen molar-refractivity contribution >= 4 is 11.8 Å². The summed E-state index contributed by atoms with van der Waals surface area (Å²) in [5, 5.41) is 12.8. The lowest BCUT2D eigenvalue weighted by Gasteiger charge is -2.05. The van der Waals surface area contributed by atoms with Gasteiger partial charge in [0.05, 0.1) is 19.9 Å². The first-order valence-corrected chi connectivity index (χ1v) is 5.29. The van der Waals surface area contributed by atoms with Gasteiger partial charge in [-0.15, -0.1) is 0 Å². The van der Waals surface area contributed by atoms with E-state index in [0.717, 1.165) is 11.3 Å². The van der Waals surface area contributed by atoms with Crippen LogP contribution in [0, 0.1) is 0 Å². The number of aromatic nitrogens is 2. The zero-order chi connectivity index (χ0) is 13.1. The number of aromatic carboxylic acids is 1. The Morgan fingerprint density at radius 2 is 2.11 bits per heavy atom. The first-order chi connectivity index (χ1) is 8.61. The first kappa shape index (κ1) is 12.0. The van der Waals surface area contributed by atoms with Crippen molar-refractivity contribution in [3.8, 4) is 5.75 Å². The predicted octanol–water partition coefficient (Wildman–Crippen LogP) is 1.22. The molecule has 1 aromatic carbocycles. The maximum absolute atomic E-state index is 10.8. The molecule has 1 aromatic heterocycles. The normalized spacial score (nSPS) is 10.3. The highest BCUT2D eigenvalue weighted by Gasteiger charge is 2.13. The summed E-state index contributed by atoms with van der Waals surface area (Å²) in [7, 11) is 1.60. The molecule has 0 aliphatic carbocycles. The van der Waals surface area contributed by atoms with Crippen molar-refractivity contribution in [2.24, 2.45) is 0 Å². The number of carboxylic acid groups (broad SMARTS) is 1. The van der Waals surface area contributed by atoms with Gasteiger partial charge in [-0.1, -0.05) is 12.1 Å². The Morgan fingerprint density at radius 3 is 2.61 bits per heavy atom. The summed E-state index contributed by atoms with van der Waals surface area (Å²) in [5.74, 6) is -0.162. The molecule has 0 spiro atoms. The van der Waals surface area contributed by atoms with Crippen molar-refractivity contribution in [2.75, 3.05) is 12.8 Å². The van der Waals surface area contributed by atoms with Gasteiger partial charge in [0.1, 0.15) is 17.1 Å². The van der Waals surface area contributed by atoms with E-state index in [1.54, 1.807) is 7.11 Å². The Balaban J connectivity index is 2.20. The molecule has 0 atom stereocenters. The molecule has 0 bridgehead atoms. The average molecular weight is 247 g/mol. The third-order valence-electron chi connectivity index (χ3n) is 2.60. The molecule has 0 radical (unpaired) electrons. The molecule has 94 valence electrons. The number of carbonyl (C=O) groups is 1. The van der Waals surface area contributed by atoms with Crippen molar-refractivity contribution < 1.29 is 14.6 Å². The van der Waals surface area contributed by atoms with Crippen molar-refractivity contribution in [3.63, 3.8) is 0 Å². The van der Waals surface area contributed by atoms with Crippen molar-refractivity contribution in [3.05, 3.63) is 41.6 Å². The summed E-state index contributed by atoms with van der Waals surface area (Å²) < 4.78 is 6.50. The second kappa shape index (κ2) is 4.79. The van der Waals surface area contributed by atoms with Crippen LogP contribution in [0.5, 0.6) is 5.75 Å². The molecule has 0 unspecified atom stereocenters. The van der Waals surface area contributed by atoms with Crippen LogP contribution in [-0.4, -0.2) is 28.0 Å². The maximum Gasteiger partial charge on any atom is 0.341 e. The number of hydrogen-bond donors (Lipinski definition) is 2. The van der Waals surface area contributed by atoms with E-state index >= 15 is 0 Å². The third-order valence-corrected chi connectivity index (χ3v) is 2.60. The minimum absolute atomic E-state index is 0.0171. The van der Waals surface area contributed by atoms with Crippen LogP contribution in [0.3, 0.4) is 0 Å². The van der Waals surface area contributed by atoms with Crippen LogP contribution in [-0.2, 0) is 6.54 Å². The van der Waals surface area contributed by atoms with Crippen LogP contribution in [0.4, 0.5) is 5.82 Å². The van der Waals surface area contributed by atoms with E-state index in [0.29, 0.717) is 6.54 Å². The van der Waals surface area contributed by atoms with Crippen LogP contribution in [0.15, 0.2) is 30.5 Å². The average Bonchev–Trinajstić information content (AvgIpc) is 2.72. The fraction of sp³-hybridized carbons (Fsp3) is 0.167. The molecule has 0 amide bonds. The fourth-order valence-corrected chi connectivity index (χ4v) is 1.59. The summed E-state index contributed by atoms with van der Waals surface area (Å²) >= 11 is 0. The van der Waals surface area contributed by atoms with E-state index in [1.807, 2.05) is 24.3 Å². The monoisotopic (exact) mass is 247 g/mol. The Hall–Kier alpha value is -2.50. The van der Waals surface area contributed by atoms with Gasteiger partial charge in [0.25, 0.3) is 0 Å². The topological polar surface area (TPSA) is 90.4 Å². The van der Waals surface area contributed by atoms with Gasteiger partial charge in [0.2, 0.25) is 0 Å². The van der Waals surface area contributed by atoms with E-state index < -0.39 is 5.97 Å². The quantitative estimate of drug-likeness (QED) is 0.847. The number of nitrogens with zero attached hydrogens (tertiary/aromatic N) is 2. The standard InChI is InChI=1S/C12H13N3O3/c1-18-9-4-2-8(3-5-9)7-15-11(13)10(6-14-15)12(16)17/h2-6H,7,13H2,1H3,(H,16,17). The highest BCUT2D eigenvalue weighted by Crippen LogP contribution is 2.15. The van der Waals surface area contributed by atoms with Crippen LogP contribution >= 0.6 is 0 Å². The molecule has 2 rings (SSSR count). The number of nitrogens with two attached hydrogens (primary N) is 1. The van der Waals surface area contributed by atoms with Gasteiger partial charge in [0, 0.05) is 0 Å². The number of rotatable bonds is 4.